The largest absolute Gasteiger partial charge is 0.494 e. The van der Waals surface area contributed by atoms with Crippen molar-refractivity contribution >= 4 is 11.6 Å². The number of hydrogen-bond donors (Lipinski definition) is 1. The monoisotopic (exact) mass is 336 g/mol. The van der Waals surface area contributed by atoms with E-state index in [1.165, 1.54) is 0 Å². The van der Waals surface area contributed by atoms with Crippen LogP contribution in [0.2, 0.25) is 0 Å². The van der Waals surface area contributed by atoms with Gasteiger partial charge in [0, 0.05) is 19.3 Å². The minimum atomic E-state index is -0.794. The first-order chi connectivity index (χ1) is 11.4. The van der Waals surface area contributed by atoms with Crippen LogP contribution in [0.5, 0.6) is 5.75 Å². The van der Waals surface area contributed by atoms with Gasteiger partial charge in [-0.25, -0.2) is 0 Å². The smallest absolute Gasteiger partial charge is 0.256 e. The van der Waals surface area contributed by atoms with E-state index in [9.17, 15) is 4.79 Å². The number of methoxy groups -OCH3 is 1. The normalized spacial score (nSPS) is 13.6. The van der Waals surface area contributed by atoms with E-state index >= 15 is 0 Å². The molecule has 0 aliphatic carbocycles. The molecular weight excluding hydrogens is 304 g/mol. The van der Waals surface area contributed by atoms with Crippen LogP contribution in [-0.4, -0.2) is 50.8 Å². The molecular formula is C19H32N2O3. The Morgan fingerprint density at radius 2 is 1.88 bits per heavy atom. The van der Waals surface area contributed by atoms with Crippen LogP contribution >= 0.6 is 0 Å². The number of nitrogens with zero attached hydrogens (tertiary/aromatic N) is 1. The number of benzene rings is 1. The van der Waals surface area contributed by atoms with Crippen LogP contribution in [0.3, 0.4) is 0 Å². The zero-order chi connectivity index (χ0) is 18.0. The molecule has 0 aliphatic heterocycles. The quantitative estimate of drug-likeness (QED) is 0.628. The highest BCUT2D eigenvalue weighted by Gasteiger charge is 2.32. The minimum Gasteiger partial charge on any atom is -0.494 e. The second-order valence-electron chi connectivity index (χ2n) is 6.52. The average molecular weight is 336 g/mol. The van der Waals surface area contributed by atoms with Gasteiger partial charge >= 0.3 is 0 Å². The van der Waals surface area contributed by atoms with Crippen molar-refractivity contribution in [2.45, 2.75) is 45.1 Å². The molecule has 136 valence electrons. The summed E-state index contributed by atoms with van der Waals surface area (Å²) >= 11 is 0. The summed E-state index contributed by atoms with van der Waals surface area (Å²) in [4.78, 5) is 14.6. The van der Waals surface area contributed by atoms with E-state index in [0.29, 0.717) is 13.0 Å². The topological polar surface area (TPSA) is 50.8 Å². The fraction of sp³-hybridized carbons (Fsp3) is 0.632. The molecule has 1 amide bonds. The number of anilines is 1. The fourth-order valence-electron chi connectivity index (χ4n) is 2.29. The van der Waals surface area contributed by atoms with Crippen LogP contribution in [0.25, 0.3) is 0 Å². The van der Waals surface area contributed by atoms with E-state index < -0.39 is 5.60 Å². The Bertz CT molecular complexity index is 488. The summed E-state index contributed by atoms with van der Waals surface area (Å²) in [5, 5.41) is 2.93. The first kappa shape index (κ1) is 20.5. The van der Waals surface area contributed by atoms with Crippen molar-refractivity contribution in [1.29, 1.82) is 0 Å². The molecule has 0 saturated carbocycles. The number of amides is 1. The third kappa shape index (κ3) is 6.89. The lowest BCUT2D eigenvalue weighted by Gasteiger charge is -2.26. The van der Waals surface area contributed by atoms with Gasteiger partial charge in [-0.3, -0.25) is 4.79 Å². The van der Waals surface area contributed by atoms with Crippen molar-refractivity contribution in [2.24, 2.45) is 0 Å². The third-order valence-electron chi connectivity index (χ3n) is 4.07. The van der Waals surface area contributed by atoms with Gasteiger partial charge in [0.2, 0.25) is 0 Å². The Kier molecular flexibility index (Phi) is 8.79. The molecule has 0 bridgehead atoms. The van der Waals surface area contributed by atoms with Crippen LogP contribution in [0, 0.1) is 0 Å². The summed E-state index contributed by atoms with van der Waals surface area (Å²) in [5.41, 5.74) is -0.0439. The summed E-state index contributed by atoms with van der Waals surface area (Å²) < 4.78 is 11.1. The average Bonchev–Trinajstić information content (AvgIpc) is 2.57. The second-order valence-corrected chi connectivity index (χ2v) is 6.52. The molecule has 0 spiro atoms. The molecule has 5 nitrogen and oxygen atoms in total. The van der Waals surface area contributed by atoms with Gasteiger partial charge in [-0.15, -0.1) is 0 Å². The van der Waals surface area contributed by atoms with Gasteiger partial charge in [0.1, 0.15) is 11.4 Å². The van der Waals surface area contributed by atoms with Crippen LogP contribution in [-0.2, 0) is 9.53 Å². The lowest BCUT2D eigenvalue weighted by atomic mass is 9.97. The van der Waals surface area contributed by atoms with Crippen LogP contribution in [0.1, 0.15) is 39.5 Å². The van der Waals surface area contributed by atoms with E-state index in [-0.39, 0.29) is 5.91 Å². The Balaban J connectivity index is 2.52. The molecule has 24 heavy (non-hydrogen) atoms. The summed E-state index contributed by atoms with van der Waals surface area (Å²) in [6.45, 7) is 5.62. The molecule has 0 saturated heterocycles. The number of carbonyl (C=O) groups excluding carboxylic acids is 1. The first-order valence-corrected chi connectivity index (χ1v) is 8.65. The van der Waals surface area contributed by atoms with Gasteiger partial charge in [0.05, 0.1) is 6.61 Å². The molecule has 0 radical (unpaired) electrons. The number of unbranched alkanes of at least 4 members (excludes halogenated alkanes) is 1. The lowest BCUT2D eigenvalue weighted by Crippen LogP contribution is -2.41. The van der Waals surface area contributed by atoms with Crippen molar-refractivity contribution in [1.82, 2.24) is 4.90 Å². The van der Waals surface area contributed by atoms with Gasteiger partial charge in [0.15, 0.2) is 0 Å². The summed E-state index contributed by atoms with van der Waals surface area (Å²) in [7, 11) is 5.68. The number of hydrogen-bond acceptors (Lipinski definition) is 4. The lowest BCUT2D eigenvalue weighted by molar-refractivity contribution is -0.136. The van der Waals surface area contributed by atoms with Crippen molar-refractivity contribution in [3.8, 4) is 5.75 Å². The van der Waals surface area contributed by atoms with Gasteiger partial charge < -0.3 is 19.7 Å². The highest BCUT2D eigenvalue weighted by atomic mass is 16.5. The molecule has 1 aromatic carbocycles. The predicted octanol–water partition coefficient (Wildman–Crippen LogP) is 3.55. The second kappa shape index (κ2) is 10.3. The van der Waals surface area contributed by atoms with Crippen molar-refractivity contribution < 1.29 is 14.3 Å². The molecule has 0 aliphatic rings. The number of ether oxygens (including phenoxy) is 2. The van der Waals surface area contributed by atoms with Crippen molar-refractivity contribution in [3.05, 3.63) is 24.3 Å². The highest BCUT2D eigenvalue weighted by molar-refractivity contribution is 5.97. The van der Waals surface area contributed by atoms with Gasteiger partial charge in [-0.1, -0.05) is 19.8 Å². The Labute approximate surface area is 146 Å². The van der Waals surface area contributed by atoms with E-state index in [1.54, 1.807) is 7.11 Å². The summed E-state index contributed by atoms with van der Waals surface area (Å²) in [6.07, 6.45) is 3.68. The Hall–Kier alpha value is -1.59. The summed E-state index contributed by atoms with van der Waals surface area (Å²) in [6, 6.07) is 7.47. The minimum absolute atomic E-state index is 0.113. The maximum atomic E-state index is 12.5. The zero-order valence-corrected chi connectivity index (χ0v) is 15.7. The zero-order valence-electron chi connectivity index (χ0n) is 15.7. The number of carbonyl (C=O) groups is 1. The molecule has 0 aromatic heterocycles. The van der Waals surface area contributed by atoms with Crippen LogP contribution in [0.4, 0.5) is 5.69 Å². The standard InChI is InChI=1S/C19H32N2O3/c1-6-7-13-19(2,23-5)18(22)20-16-9-11-17(12-10-16)24-15-8-14-21(3)4/h9-12H,6-8,13-15H2,1-5H3,(H,20,22). The molecule has 1 aromatic rings. The maximum absolute atomic E-state index is 12.5. The van der Waals surface area contributed by atoms with Crippen molar-refractivity contribution in [3.63, 3.8) is 0 Å². The Morgan fingerprint density at radius 3 is 2.42 bits per heavy atom. The SMILES string of the molecule is CCCCC(C)(OC)C(=O)Nc1ccc(OCCCN(C)C)cc1. The van der Waals surface area contributed by atoms with E-state index in [4.69, 9.17) is 9.47 Å². The maximum Gasteiger partial charge on any atom is 0.256 e. The molecule has 0 heterocycles. The van der Waals surface area contributed by atoms with Crippen LogP contribution < -0.4 is 10.1 Å². The molecule has 1 unspecified atom stereocenters. The molecule has 5 heteroatoms. The van der Waals surface area contributed by atoms with Crippen LogP contribution in [0.15, 0.2) is 24.3 Å². The van der Waals surface area contributed by atoms with E-state index in [1.807, 2.05) is 45.3 Å². The fourth-order valence-corrected chi connectivity index (χ4v) is 2.29. The summed E-state index contributed by atoms with van der Waals surface area (Å²) in [5.74, 6) is 0.699. The number of rotatable bonds is 11. The van der Waals surface area contributed by atoms with Gasteiger partial charge in [-0.2, -0.15) is 0 Å². The van der Waals surface area contributed by atoms with Gasteiger partial charge in [0.25, 0.3) is 5.91 Å². The van der Waals surface area contributed by atoms with E-state index in [0.717, 1.165) is 37.2 Å². The number of nitrogens with one attached hydrogen (secondary N) is 1. The highest BCUT2D eigenvalue weighted by Crippen LogP contribution is 2.22. The first-order valence-electron chi connectivity index (χ1n) is 8.65. The molecule has 0 fully saturated rings. The van der Waals surface area contributed by atoms with Gasteiger partial charge in [-0.05, 0) is 58.1 Å². The van der Waals surface area contributed by atoms with E-state index in [2.05, 4.69) is 17.1 Å². The molecule has 1 rings (SSSR count). The third-order valence-corrected chi connectivity index (χ3v) is 4.07. The van der Waals surface area contributed by atoms with Crippen molar-refractivity contribution in [2.75, 3.05) is 39.7 Å². The Morgan fingerprint density at radius 1 is 1.21 bits per heavy atom. The molecule has 1 atom stereocenters. The predicted molar refractivity (Wildman–Crippen MR) is 98.7 cm³/mol. The molecule has 1 N–H and O–H groups in total.